The van der Waals surface area contributed by atoms with Crippen LogP contribution in [0.5, 0.6) is 0 Å². The zero-order valence-electron chi connectivity index (χ0n) is 14.1. The van der Waals surface area contributed by atoms with Gasteiger partial charge in [0.25, 0.3) is 0 Å². The molecule has 2 N–H and O–H groups in total. The van der Waals surface area contributed by atoms with Crippen molar-refractivity contribution in [3.63, 3.8) is 0 Å². The molecule has 2 aromatic rings. The van der Waals surface area contributed by atoms with Crippen molar-refractivity contribution in [3.8, 4) is 0 Å². The van der Waals surface area contributed by atoms with Crippen molar-refractivity contribution >= 4 is 23.2 Å². The molecule has 0 fully saturated rings. The number of nitrogens with one attached hydrogen (secondary N) is 2. The monoisotopic (exact) mass is 325 g/mol. The van der Waals surface area contributed by atoms with E-state index in [0.29, 0.717) is 0 Å². The average molecular weight is 325 g/mol. The van der Waals surface area contributed by atoms with E-state index in [1.807, 2.05) is 61.5 Å². The minimum absolute atomic E-state index is 0.0212. The van der Waals surface area contributed by atoms with E-state index in [-0.39, 0.29) is 24.9 Å². The molecular weight excluding hydrogens is 302 g/mol. The van der Waals surface area contributed by atoms with E-state index in [4.69, 9.17) is 0 Å². The van der Waals surface area contributed by atoms with Crippen molar-refractivity contribution in [3.05, 3.63) is 60.2 Å². The van der Waals surface area contributed by atoms with Gasteiger partial charge in [0.15, 0.2) is 0 Å². The van der Waals surface area contributed by atoms with Crippen LogP contribution in [0.25, 0.3) is 0 Å². The molecule has 0 atom stereocenters. The average Bonchev–Trinajstić information content (AvgIpc) is 2.60. The second-order valence-electron chi connectivity index (χ2n) is 5.53. The number of nitrogens with zero attached hydrogens (tertiary/aromatic N) is 1. The van der Waals surface area contributed by atoms with Crippen molar-refractivity contribution in [1.82, 2.24) is 4.90 Å². The van der Waals surface area contributed by atoms with Crippen molar-refractivity contribution in [2.45, 2.75) is 13.3 Å². The van der Waals surface area contributed by atoms with Crippen molar-refractivity contribution in [2.75, 3.05) is 30.8 Å². The molecule has 0 heterocycles. The summed E-state index contributed by atoms with van der Waals surface area (Å²) in [5, 5.41) is 5.91. The highest BCUT2D eigenvalue weighted by Crippen LogP contribution is 2.15. The van der Waals surface area contributed by atoms with E-state index in [1.54, 1.807) is 7.05 Å². The van der Waals surface area contributed by atoms with E-state index in [1.165, 1.54) is 4.90 Å². The zero-order chi connectivity index (χ0) is 17.4. The summed E-state index contributed by atoms with van der Waals surface area (Å²) >= 11 is 0. The fraction of sp³-hybridized carbons (Fsp3) is 0.263. The standard InChI is InChI=1S/C19H23N3O2/c1-3-15-9-7-8-12-17(15)21-18(23)14-22(2)19(24)13-20-16-10-5-4-6-11-16/h4-12,20H,3,13-14H2,1-2H3,(H,21,23). The molecule has 0 bridgehead atoms. The maximum Gasteiger partial charge on any atom is 0.243 e. The third kappa shape index (κ3) is 5.12. The molecule has 0 aromatic heterocycles. The SMILES string of the molecule is CCc1ccccc1NC(=O)CN(C)C(=O)CNc1ccccc1. The number of carbonyl (C=O) groups excluding carboxylic acids is 2. The normalized spacial score (nSPS) is 10.1. The van der Waals surface area contributed by atoms with Gasteiger partial charge in [0.05, 0.1) is 13.1 Å². The summed E-state index contributed by atoms with van der Waals surface area (Å²) in [5.74, 6) is -0.343. The van der Waals surface area contributed by atoms with Crippen LogP contribution in [0, 0.1) is 0 Å². The first kappa shape index (κ1) is 17.5. The Bertz CT molecular complexity index is 686. The van der Waals surface area contributed by atoms with Crippen LogP contribution in [0.4, 0.5) is 11.4 Å². The molecule has 0 radical (unpaired) electrons. The van der Waals surface area contributed by atoms with Gasteiger partial charge in [0.2, 0.25) is 11.8 Å². The maximum absolute atomic E-state index is 12.1. The summed E-state index contributed by atoms with van der Waals surface area (Å²) in [4.78, 5) is 25.7. The molecule has 24 heavy (non-hydrogen) atoms. The van der Waals surface area contributed by atoms with Crippen LogP contribution < -0.4 is 10.6 Å². The molecule has 2 aromatic carbocycles. The Morgan fingerprint density at radius 2 is 1.67 bits per heavy atom. The van der Waals surface area contributed by atoms with Gasteiger partial charge in [-0.3, -0.25) is 9.59 Å². The molecule has 0 unspecified atom stereocenters. The maximum atomic E-state index is 12.1. The van der Waals surface area contributed by atoms with Crippen LogP contribution in [0.3, 0.4) is 0 Å². The lowest BCUT2D eigenvalue weighted by Gasteiger charge is -2.18. The third-order valence-electron chi connectivity index (χ3n) is 3.70. The highest BCUT2D eigenvalue weighted by molar-refractivity contribution is 5.95. The topological polar surface area (TPSA) is 61.4 Å². The molecule has 2 amide bonds. The Morgan fingerprint density at radius 1 is 1.00 bits per heavy atom. The van der Waals surface area contributed by atoms with Gasteiger partial charge in [0, 0.05) is 18.4 Å². The summed E-state index contributed by atoms with van der Waals surface area (Å²) in [5.41, 5.74) is 2.75. The van der Waals surface area contributed by atoms with E-state index >= 15 is 0 Å². The van der Waals surface area contributed by atoms with Crippen LogP contribution in [0.1, 0.15) is 12.5 Å². The number of likely N-dealkylation sites (N-methyl/N-ethyl adjacent to an activating group) is 1. The molecule has 2 rings (SSSR count). The summed E-state index contributed by atoms with van der Waals surface area (Å²) in [6, 6.07) is 17.2. The summed E-state index contributed by atoms with van der Waals surface area (Å²) < 4.78 is 0. The van der Waals surface area contributed by atoms with Gasteiger partial charge in [0.1, 0.15) is 0 Å². The number of aryl methyl sites for hydroxylation is 1. The smallest absolute Gasteiger partial charge is 0.243 e. The quantitative estimate of drug-likeness (QED) is 0.823. The second kappa shape index (κ2) is 8.72. The second-order valence-corrected chi connectivity index (χ2v) is 5.53. The number of hydrogen-bond acceptors (Lipinski definition) is 3. The van der Waals surface area contributed by atoms with Crippen LogP contribution in [0.15, 0.2) is 54.6 Å². The summed E-state index contributed by atoms with van der Waals surface area (Å²) in [6.07, 6.45) is 0.840. The first-order valence-electron chi connectivity index (χ1n) is 8.00. The zero-order valence-corrected chi connectivity index (χ0v) is 14.1. The summed E-state index contributed by atoms with van der Waals surface area (Å²) in [7, 11) is 1.63. The lowest BCUT2D eigenvalue weighted by atomic mass is 10.1. The number of carbonyl (C=O) groups is 2. The fourth-order valence-electron chi connectivity index (χ4n) is 2.31. The van der Waals surface area contributed by atoms with Crippen molar-refractivity contribution in [1.29, 1.82) is 0 Å². The van der Waals surface area contributed by atoms with E-state index in [0.717, 1.165) is 23.4 Å². The molecule has 0 spiro atoms. The molecule has 126 valence electrons. The molecule has 0 aliphatic rings. The number of rotatable bonds is 7. The van der Waals surface area contributed by atoms with Crippen LogP contribution in [-0.2, 0) is 16.0 Å². The number of benzene rings is 2. The number of anilines is 2. The predicted octanol–water partition coefficient (Wildman–Crippen LogP) is 2.76. The number of para-hydroxylation sites is 2. The Labute approximate surface area is 142 Å². The first-order chi connectivity index (χ1) is 11.6. The largest absolute Gasteiger partial charge is 0.376 e. The van der Waals surface area contributed by atoms with Gasteiger partial charge < -0.3 is 15.5 Å². The number of hydrogen-bond donors (Lipinski definition) is 2. The van der Waals surface area contributed by atoms with Gasteiger partial charge in [-0.1, -0.05) is 43.3 Å². The van der Waals surface area contributed by atoms with E-state index in [9.17, 15) is 9.59 Å². The fourth-order valence-corrected chi connectivity index (χ4v) is 2.31. The van der Waals surface area contributed by atoms with Crippen LogP contribution in [-0.4, -0.2) is 36.9 Å². The van der Waals surface area contributed by atoms with E-state index < -0.39 is 0 Å². The highest BCUT2D eigenvalue weighted by atomic mass is 16.2. The third-order valence-corrected chi connectivity index (χ3v) is 3.70. The highest BCUT2D eigenvalue weighted by Gasteiger charge is 2.13. The Hall–Kier alpha value is -2.82. The Kier molecular flexibility index (Phi) is 6.37. The lowest BCUT2D eigenvalue weighted by Crippen LogP contribution is -2.38. The summed E-state index contributed by atoms with van der Waals surface area (Å²) in [6.45, 7) is 2.21. The van der Waals surface area contributed by atoms with E-state index in [2.05, 4.69) is 10.6 Å². The van der Waals surface area contributed by atoms with Crippen molar-refractivity contribution < 1.29 is 9.59 Å². The molecule has 5 heteroatoms. The molecular formula is C19H23N3O2. The Morgan fingerprint density at radius 3 is 2.38 bits per heavy atom. The minimum Gasteiger partial charge on any atom is -0.376 e. The molecule has 0 saturated carbocycles. The van der Waals surface area contributed by atoms with Crippen molar-refractivity contribution in [2.24, 2.45) is 0 Å². The van der Waals surface area contributed by atoms with Crippen LogP contribution in [0.2, 0.25) is 0 Å². The molecule has 0 aliphatic heterocycles. The van der Waals surface area contributed by atoms with Gasteiger partial charge >= 0.3 is 0 Å². The molecule has 0 aliphatic carbocycles. The molecule has 5 nitrogen and oxygen atoms in total. The molecule has 0 saturated heterocycles. The van der Waals surface area contributed by atoms with Gasteiger partial charge in [-0.15, -0.1) is 0 Å². The minimum atomic E-state index is -0.202. The predicted molar refractivity (Wildman–Crippen MR) is 97.0 cm³/mol. The Balaban J connectivity index is 1.83. The first-order valence-corrected chi connectivity index (χ1v) is 8.00. The van der Waals surface area contributed by atoms with Gasteiger partial charge in [-0.2, -0.15) is 0 Å². The van der Waals surface area contributed by atoms with Gasteiger partial charge in [-0.25, -0.2) is 0 Å². The lowest BCUT2D eigenvalue weighted by molar-refractivity contribution is -0.131. The van der Waals surface area contributed by atoms with Crippen LogP contribution >= 0.6 is 0 Å². The number of amides is 2. The van der Waals surface area contributed by atoms with Gasteiger partial charge in [-0.05, 0) is 30.2 Å².